The number of rotatable bonds is 7. The average molecular weight is 302 g/mol. The van der Waals surface area contributed by atoms with Crippen molar-refractivity contribution in [3.05, 3.63) is 35.4 Å². The zero-order valence-electron chi connectivity index (χ0n) is 12.4. The van der Waals surface area contributed by atoms with Crippen molar-refractivity contribution in [2.45, 2.75) is 58.2 Å². The van der Waals surface area contributed by atoms with Gasteiger partial charge in [-0.1, -0.05) is 33.1 Å². The second-order valence-electron chi connectivity index (χ2n) is 5.03. The summed E-state index contributed by atoms with van der Waals surface area (Å²) in [7, 11) is 0. The SMILES string of the molecule is CCCCC(CCC)OC(=O)c1ccc(C(F)(F)F)cc1. The molecule has 0 saturated carbocycles. The molecule has 0 heterocycles. The molecule has 0 saturated heterocycles. The summed E-state index contributed by atoms with van der Waals surface area (Å²) in [6.07, 6.45) is -0.125. The van der Waals surface area contributed by atoms with Gasteiger partial charge in [0, 0.05) is 0 Å². The first kappa shape index (κ1) is 17.5. The molecule has 21 heavy (non-hydrogen) atoms. The van der Waals surface area contributed by atoms with Crippen molar-refractivity contribution in [2.24, 2.45) is 0 Å². The summed E-state index contributed by atoms with van der Waals surface area (Å²) < 4.78 is 42.7. The number of alkyl halides is 3. The molecule has 0 spiro atoms. The van der Waals surface area contributed by atoms with E-state index in [1.54, 1.807) is 0 Å². The highest BCUT2D eigenvalue weighted by Gasteiger charge is 2.30. The number of hydrogen-bond donors (Lipinski definition) is 0. The Labute approximate surface area is 123 Å². The lowest BCUT2D eigenvalue weighted by Gasteiger charge is -2.17. The summed E-state index contributed by atoms with van der Waals surface area (Å²) in [6.45, 7) is 4.06. The van der Waals surface area contributed by atoms with E-state index in [9.17, 15) is 18.0 Å². The Morgan fingerprint density at radius 3 is 2.19 bits per heavy atom. The maximum atomic E-state index is 12.5. The summed E-state index contributed by atoms with van der Waals surface area (Å²) in [4.78, 5) is 12.0. The fourth-order valence-corrected chi connectivity index (χ4v) is 2.03. The quantitative estimate of drug-likeness (QED) is 0.645. The van der Waals surface area contributed by atoms with Gasteiger partial charge >= 0.3 is 12.1 Å². The Morgan fingerprint density at radius 2 is 1.71 bits per heavy atom. The molecule has 1 aromatic carbocycles. The zero-order valence-corrected chi connectivity index (χ0v) is 12.4. The first-order valence-electron chi connectivity index (χ1n) is 7.26. The van der Waals surface area contributed by atoms with Crippen molar-refractivity contribution in [3.8, 4) is 0 Å². The second-order valence-corrected chi connectivity index (χ2v) is 5.03. The molecule has 1 atom stereocenters. The van der Waals surface area contributed by atoms with Crippen LogP contribution < -0.4 is 0 Å². The van der Waals surface area contributed by atoms with E-state index in [1.807, 2.05) is 6.92 Å². The Balaban J connectivity index is 2.69. The van der Waals surface area contributed by atoms with E-state index in [4.69, 9.17) is 4.74 Å². The molecule has 0 fully saturated rings. The Kier molecular flexibility index (Phi) is 6.72. The fraction of sp³-hybridized carbons (Fsp3) is 0.562. The molecule has 0 N–H and O–H groups in total. The fourth-order valence-electron chi connectivity index (χ4n) is 2.03. The van der Waals surface area contributed by atoms with Gasteiger partial charge in [0.05, 0.1) is 11.1 Å². The van der Waals surface area contributed by atoms with Crippen molar-refractivity contribution in [3.63, 3.8) is 0 Å². The van der Waals surface area contributed by atoms with Gasteiger partial charge < -0.3 is 4.74 Å². The highest BCUT2D eigenvalue weighted by molar-refractivity contribution is 5.89. The number of esters is 1. The van der Waals surface area contributed by atoms with Gasteiger partial charge in [-0.25, -0.2) is 4.79 Å². The third kappa shape index (κ3) is 5.78. The van der Waals surface area contributed by atoms with Crippen molar-refractivity contribution in [1.29, 1.82) is 0 Å². The highest BCUT2D eigenvalue weighted by atomic mass is 19.4. The normalized spacial score (nSPS) is 13.0. The van der Waals surface area contributed by atoms with Gasteiger partial charge in [0.2, 0.25) is 0 Å². The lowest BCUT2D eigenvalue weighted by molar-refractivity contribution is -0.137. The van der Waals surface area contributed by atoms with E-state index in [2.05, 4.69) is 6.92 Å². The van der Waals surface area contributed by atoms with Gasteiger partial charge in [-0.05, 0) is 37.1 Å². The van der Waals surface area contributed by atoms with Crippen LogP contribution in [0, 0.1) is 0 Å². The van der Waals surface area contributed by atoms with Crippen LogP contribution in [-0.2, 0) is 10.9 Å². The molecule has 0 bridgehead atoms. The highest BCUT2D eigenvalue weighted by Crippen LogP contribution is 2.29. The summed E-state index contributed by atoms with van der Waals surface area (Å²) in [5, 5.41) is 0. The number of halogens is 3. The van der Waals surface area contributed by atoms with E-state index >= 15 is 0 Å². The van der Waals surface area contributed by atoms with Crippen molar-refractivity contribution in [2.75, 3.05) is 0 Å². The third-order valence-electron chi connectivity index (χ3n) is 3.21. The van der Waals surface area contributed by atoms with E-state index < -0.39 is 17.7 Å². The van der Waals surface area contributed by atoms with E-state index in [0.717, 1.165) is 56.4 Å². The van der Waals surface area contributed by atoms with Gasteiger partial charge in [0.1, 0.15) is 6.10 Å². The number of unbranched alkanes of at least 4 members (excludes halogenated alkanes) is 1. The zero-order chi connectivity index (χ0) is 15.9. The maximum Gasteiger partial charge on any atom is 0.416 e. The minimum Gasteiger partial charge on any atom is -0.459 e. The van der Waals surface area contributed by atoms with Gasteiger partial charge in [0.15, 0.2) is 0 Å². The minimum absolute atomic E-state index is 0.153. The molecule has 118 valence electrons. The van der Waals surface area contributed by atoms with Crippen LogP contribution in [0.25, 0.3) is 0 Å². The summed E-state index contributed by atoms with van der Waals surface area (Å²) in [6, 6.07) is 4.12. The van der Waals surface area contributed by atoms with Gasteiger partial charge in [-0.2, -0.15) is 13.2 Å². The molecule has 1 unspecified atom stereocenters. The standard InChI is InChI=1S/C16H21F3O2/c1-3-5-7-14(6-4-2)21-15(20)12-8-10-13(11-9-12)16(17,18)19/h8-11,14H,3-7H2,1-2H3. The lowest BCUT2D eigenvalue weighted by atomic mass is 10.1. The molecule has 0 aliphatic heterocycles. The van der Waals surface area contributed by atoms with Gasteiger partial charge in [-0.15, -0.1) is 0 Å². The van der Waals surface area contributed by atoms with Crippen molar-refractivity contribution >= 4 is 5.97 Å². The van der Waals surface area contributed by atoms with E-state index in [-0.39, 0.29) is 11.7 Å². The molecule has 5 heteroatoms. The first-order valence-corrected chi connectivity index (χ1v) is 7.26. The molecule has 1 rings (SSSR count). The number of benzene rings is 1. The van der Waals surface area contributed by atoms with E-state index in [0.29, 0.717) is 0 Å². The van der Waals surface area contributed by atoms with Gasteiger partial charge in [-0.3, -0.25) is 0 Å². The number of hydrogen-bond acceptors (Lipinski definition) is 2. The Bertz CT molecular complexity index is 438. The summed E-state index contributed by atoms with van der Waals surface area (Å²) in [5.74, 6) is -0.557. The second kappa shape index (κ2) is 8.05. The summed E-state index contributed by atoms with van der Waals surface area (Å²) in [5.41, 5.74) is -0.615. The summed E-state index contributed by atoms with van der Waals surface area (Å²) >= 11 is 0. The molecule has 0 amide bonds. The smallest absolute Gasteiger partial charge is 0.416 e. The molecule has 0 aliphatic rings. The lowest BCUT2D eigenvalue weighted by Crippen LogP contribution is -2.18. The molecular weight excluding hydrogens is 281 g/mol. The van der Waals surface area contributed by atoms with Crippen LogP contribution in [0.2, 0.25) is 0 Å². The topological polar surface area (TPSA) is 26.3 Å². The maximum absolute atomic E-state index is 12.5. The molecule has 0 radical (unpaired) electrons. The molecule has 0 aromatic heterocycles. The van der Waals surface area contributed by atoms with Crippen molar-refractivity contribution < 1.29 is 22.7 Å². The molecule has 1 aromatic rings. The number of carbonyl (C=O) groups excluding carboxylic acids is 1. The first-order chi connectivity index (χ1) is 9.88. The van der Waals surface area contributed by atoms with Crippen LogP contribution in [0.5, 0.6) is 0 Å². The van der Waals surface area contributed by atoms with Gasteiger partial charge in [0.25, 0.3) is 0 Å². The van der Waals surface area contributed by atoms with E-state index in [1.165, 1.54) is 0 Å². The predicted molar refractivity (Wildman–Crippen MR) is 75.1 cm³/mol. The van der Waals surface area contributed by atoms with Crippen LogP contribution >= 0.6 is 0 Å². The predicted octanol–water partition coefficient (Wildman–Crippen LogP) is 5.22. The monoisotopic (exact) mass is 302 g/mol. The molecule has 2 nitrogen and oxygen atoms in total. The Morgan fingerprint density at radius 1 is 1.10 bits per heavy atom. The number of carbonyl (C=O) groups is 1. The largest absolute Gasteiger partial charge is 0.459 e. The van der Waals surface area contributed by atoms with Crippen molar-refractivity contribution in [1.82, 2.24) is 0 Å². The third-order valence-corrected chi connectivity index (χ3v) is 3.21. The van der Waals surface area contributed by atoms with Crippen LogP contribution in [0.3, 0.4) is 0 Å². The number of ether oxygens (including phenoxy) is 1. The van der Waals surface area contributed by atoms with Crippen LogP contribution in [0.4, 0.5) is 13.2 Å². The van der Waals surface area contributed by atoms with Crippen LogP contribution in [0.1, 0.15) is 61.9 Å². The minimum atomic E-state index is -4.39. The van der Waals surface area contributed by atoms with Crippen LogP contribution in [-0.4, -0.2) is 12.1 Å². The molecular formula is C16H21F3O2. The average Bonchev–Trinajstić information content (AvgIpc) is 2.44. The Hall–Kier alpha value is -1.52. The molecule has 0 aliphatic carbocycles. The van der Waals surface area contributed by atoms with Crippen LogP contribution in [0.15, 0.2) is 24.3 Å².